The zero-order valence-electron chi connectivity index (χ0n) is 13.1. The third-order valence-corrected chi connectivity index (χ3v) is 3.94. The molecule has 0 bridgehead atoms. The Balaban J connectivity index is 1.82. The summed E-state index contributed by atoms with van der Waals surface area (Å²) < 4.78 is 11.2. The van der Waals surface area contributed by atoms with Crippen molar-refractivity contribution in [3.63, 3.8) is 0 Å². The van der Waals surface area contributed by atoms with E-state index >= 15 is 0 Å². The molecule has 0 aliphatic rings. The fourth-order valence-electron chi connectivity index (χ4n) is 2.19. The summed E-state index contributed by atoms with van der Waals surface area (Å²) in [5.41, 5.74) is 2.12. The minimum Gasteiger partial charge on any atom is -0.493 e. The van der Waals surface area contributed by atoms with Crippen LogP contribution in [0.3, 0.4) is 0 Å². The van der Waals surface area contributed by atoms with Crippen molar-refractivity contribution in [3.05, 3.63) is 58.1 Å². The predicted octanol–water partition coefficient (Wildman–Crippen LogP) is 4.50. The number of aryl methyl sites for hydroxylation is 2. The number of aromatic carboxylic acids is 1. The van der Waals surface area contributed by atoms with Gasteiger partial charge in [-0.2, -0.15) is 0 Å². The van der Waals surface area contributed by atoms with Crippen LogP contribution in [0.15, 0.2) is 36.4 Å². The van der Waals surface area contributed by atoms with Crippen LogP contribution in [0.5, 0.6) is 11.5 Å². The molecule has 0 aromatic heterocycles. The molecule has 0 unspecified atom stereocenters. The van der Waals surface area contributed by atoms with E-state index in [0.29, 0.717) is 25.4 Å². The number of rotatable bonds is 7. The second-order valence-electron chi connectivity index (χ2n) is 5.22. The van der Waals surface area contributed by atoms with Gasteiger partial charge in [0, 0.05) is 11.4 Å². The summed E-state index contributed by atoms with van der Waals surface area (Å²) in [5, 5.41) is 9.83. The van der Waals surface area contributed by atoms with Crippen LogP contribution in [0, 0.1) is 13.8 Å². The summed E-state index contributed by atoms with van der Waals surface area (Å²) in [6.45, 7) is 4.74. The van der Waals surface area contributed by atoms with Gasteiger partial charge in [-0.25, -0.2) is 4.79 Å². The summed E-state index contributed by atoms with van der Waals surface area (Å²) in [7, 11) is 0. The molecule has 0 spiro atoms. The third-order valence-electron chi connectivity index (χ3n) is 3.34. The van der Waals surface area contributed by atoms with E-state index in [4.69, 9.17) is 26.2 Å². The molecule has 122 valence electrons. The number of benzene rings is 2. The maximum atomic E-state index is 11.1. The Hall–Kier alpha value is -2.20. The number of hydrogen-bond donors (Lipinski definition) is 1. The molecule has 5 heteroatoms. The van der Waals surface area contributed by atoms with Gasteiger partial charge in [0.1, 0.15) is 17.1 Å². The van der Waals surface area contributed by atoms with Crippen LogP contribution in [0.4, 0.5) is 0 Å². The standard InChI is InChI=1S/C18H19ClO4/c1-12-10-14(11-13(2)17(12)19)22-8-5-9-23-16-7-4-3-6-15(16)18(20)21/h3-4,6-7,10-11H,5,8-9H2,1-2H3,(H,20,21). The lowest BCUT2D eigenvalue weighted by Crippen LogP contribution is -2.08. The SMILES string of the molecule is Cc1cc(OCCCOc2ccccc2C(=O)O)cc(C)c1Cl. The fraction of sp³-hybridized carbons (Fsp3) is 0.278. The van der Waals surface area contributed by atoms with E-state index in [2.05, 4.69) is 0 Å². The Morgan fingerprint density at radius 1 is 1.09 bits per heavy atom. The maximum Gasteiger partial charge on any atom is 0.339 e. The quantitative estimate of drug-likeness (QED) is 0.757. The smallest absolute Gasteiger partial charge is 0.339 e. The first-order chi connectivity index (χ1) is 11.0. The third kappa shape index (κ3) is 4.63. The molecule has 2 rings (SSSR count). The molecule has 0 saturated heterocycles. The van der Waals surface area contributed by atoms with Gasteiger partial charge in [-0.05, 0) is 49.2 Å². The number of hydrogen-bond acceptors (Lipinski definition) is 3. The fourth-order valence-corrected chi connectivity index (χ4v) is 2.30. The second-order valence-corrected chi connectivity index (χ2v) is 5.60. The molecule has 4 nitrogen and oxygen atoms in total. The maximum absolute atomic E-state index is 11.1. The van der Waals surface area contributed by atoms with Crippen LogP contribution in [0.2, 0.25) is 5.02 Å². The Labute approximate surface area is 140 Å². The van der Waals surface area contributed by atoms with Crippen LogP contribution >= 0.6 is 11.6 Å². The molecule has 0 radical (unpaired) electrons. The number of halogens is 1. The van der Waals surface area contributed by atoms with Crippen LogP contribution < -0.4 is 9.47 Å². The van der Waals surface area contributed by atoms with Gasteiger partial charge in [0.2, 0.25) is 0 Å². The van der Waals surface area contributed by atoms with Gasteiger partial charge in [-0.1, -0.05) is 23.7 Å². The molecule has 0 aliphatic carbocycles. The first-order valence-electron chi connectivity index (χ1n) is 7.33. The number of carboxylic acid groups (broad SMARTS) is 1. The molecule has 2 aromatic rings. The van der Waals surface area contributed by atoms with E-state index in [1.807, 2.05) is 26.0 Å². The Morgan fingerprint density at radius 3 is 2.35 bits per heavy atom. The molecule has 1 N–H and O–H groups in total. The second kappa shape index (κ2) is 7.88. The normalized spacial score (nSPS) is 10.4. The van der Waals surface area contributed by atoms with Gasteiger partial charge < -0.3 is 14.6 Å². The van der Waals surface area contributed by atoms with E-state index in [1.165, 1.54) is 6.07 Å². The van der Waals surface area contributed by atoms with Crippen molar-refractivity contribution in [1.82, 2.24) is 0 Å². The first-order valence-corrected chi connectivity index (χ1v) is 7.71. The molecule has 2 aromatic carbocycles. The number of carboxylic acids is 1. The van der Waals surface area contributed by atoms with Crippen molar-refractivity contribution in [2.24, 2.45) is 0 Å². The molecular weight excluding hydrogens is 316 g/mol. The van der Waals surface area contributed by atoms with E-state index in [1.54, 1.807) is 18.2 Å². The minimum atomic E-state index is -0.996. The summed E-state index contributed by atoms with van der Waals surface area (Å²) in [6, 6.07) is 10.4. The van der Waals surface area contributed by atoms with Crippen LogP contribution in [0.25, 0.3) is 0 Å². The highest BCUT2D eigenvalue weighted by Gasteiger charge is 2.09. The van der Waals surface area contributed by atoms with Gasteiger partial charge in [-0.3, -0.25) is 0 Å². The highest BCUT2D eigenvalue weighted by molar-refractivity contribution is 6.32. The van der Waals surface area contributed by atoms with E-state index in [-0.39, 0.29) is 5.56 Å². The average molecular weight is 335 g/mol. The predicted molar refractivity (Wildman–Crippen MR) is 89.9 cm³/mol. The van der Waals surface area contributed by atoms with Crippen molar-refractivity contribution in [2.75, 3.05) is 13.2 Å². The Kier molecular flexibility index (Phi) is 5.88. The first kappa shape index (κ1) is 17.2. The van der Waals surface area contributed by atoms with Crippen molar-refractivity contribution in [2.45, 2.75) is 20.3 Å². The average Bonchev–Trinajstić information content (AvgIpc) is 2.52. The molecule has 0 aliphatic heterocycles. The van der Waals surface area contributed by atoms with Crippen molar-refractivity contribution in [3.8, 4) is 11.5 Å². The molecule has 0 fully saturated rings. The van der Waals surface area contributed by atoms with Gasteiger partial charge in [-0.15, -0.1) is 0 Å². The number of carbonyl (C=O) groups is 1. The van der Waals surface area contributed by atoms with Crippen LogP contribution in [0.1, 0.15) is 27.9 Å². The molecule has 23 heavy (non-hydrogen) atoms. The lowest BCUT2D eigenvalue weighted by Gasteiger charge is -2.11. The van der Waals surface area contributed by atoms with Crippen molar-refractivity contribution < 1.29 is 19.4 Å². The van der Waals surface area contributed by atoms with E-state index < -0.39 is 5.97 Å². The monoisotopic (exact) mass is 334 g/mol. The minimum absolute atomic E-state index is 0.164. The highest BCUT2D eigenvalue weighted by atomic mass is 35.5. The molecular formula is C18H19ClO4. The largest absolute Gasteiger partial charge is 0.493 e. The van der Waals surface area contributed by atoms with Crippen molar-refractivity contribution >= 4 is 17.6 Å². The lowest BCUT2D eigenvalue weighted by molar-refractivity contribution is 0.0692. The topological polar surface area (TPSA) is 55.8 Å². The van der Waals surface area contributed by atoms with Gasteiger partial charge in [0.15, 0.2) is 0 Å². The van der Waals surface area contributed by atoms with E-state index in [9.17, 15) is 4.79 Å². The summed E-state index contributed by atoms with van der Waals surface area (Å²) in [6.07, 6.45) is 0.647. The summed E-state index contributed by atoms with van der Waals surface area (Å²) in [5.74, 6) is 0.150. The zero-order chi connectivity index (χ0) is 16.8. The van der Waals surface area contributed by atoms with Crippen LogP contribution in [-0.2, 0) is 0 Å². The molecule has 0 amide bonds. The van der Waals surface area contributed by atoms with Gasteiger partial charge >= 0.3 is 5.97 Å². The summed E-state index contributed by atoms with van der Waals surface area (Å²) in [4.78, 5) is 11.1. The number of ether oxygens (including phenoxy) is 2. The molecule has 0 heterocycles. The van der Waals surface area contributed by atoms with Gasteiger partial charge in [0.25, 0.3) is 0 Å². The lowest BCUT2D eigenvalue weighted by atomic mass is 10.1. The van der Waals surface area contributed by atoms with Crippen molar-refractivity contribution in [1.29, 1.82) is 0 Å². The molecule has 0 atom stereocenters. The molecule has 0 saturated carbocycles. The Morgan fingerprint density at radius 2 is 1.70 bits per heavy atom. The number of para-hydroxylation sites is 1. The van der Waals surface area contributed by atoms with Gasteiger partial charge in [0.05, 0.1) is 13.2 Å². The zero-order valence-corrected chi connectivity index (χ0v) is 13.9. The highest BCUT2D eigenvalue weighted by Crippen LogP contribution is 2.26. The Bertz CT molecular complexity index is 674. The van der Waals surface area contributed by atoms with E-state index in [0.717, 1.165) is 21.9 Å². The summed E-state index contributed by atoms with van der Waals surface area (Å²) >= 11 is 6.12. The van der Waals surface area contributed by atoms with Crippen LogP contribution in [-0.4, -0.2) is 24.3 Å².